The van der Waals surface area contributed by atoms with Gasteiger partial charge in [0.25, 0.3) is 0 Å². The minimum absolute atomic E-state index is 0.682. The van der Waals surface area contributed by atoms with Gasteiger partial charge in [-0.1, -0.05) is 41.9 Å². The molecule has 0 unspecified atom stereocenters. The van der Waals surface area contributed by atoms with Crippen molar-refractivity contribution in [2.75, 3.05) is 5.32 Å². The van der Waals surface area contributed by atoms with E-state index >= 15 is 0 Å². The van der Waals surface area contributed by atoms with Crippen molar-refractivity contribution < 1.29 is 5.11 Å². The van der Waals surface area contributed by atoms with Gasteiger partial charge in [-0.25, -0.2) is 0 Å². The Morgan fingerprint density at radius 2 is 1.69 bits per heavy atom. The van der Waals surface area contributed by atoms with Crippen molar-refractivity contribution in [3.63, 3.8) is 0 Å². The lowest BCUT2D eigenvalue weighted by Crippen LogP contribution is -2.16. The molecule has 26 heavy (non-hydrogen) atoms. The molecule has 0 bridgehead atoms. The highest BCUT2D eigenvalue weighted by Crippen LogP contribution is 2.33. The summed E-state index contributed by atoms with van der Waals surface area (Å²) in [5.74, 6) is 0. The first-order valence-corrected chi connectivity index (χ1v) is 8.75. The molecule has 3 aromatic rings. The average Bonchev–Trinajstić information content (AvgIpc) is 2.63. The van der Waals surface area contributed by atoms with Gasteiger partial charge in [-0.3, -0.25) is 0 Å². The van der Waals surface area contributed by atoms with Crippen LogP contribution < -0.4 is 5.32 Å². The van der Waals surface area contributed by atoms with E-state index in [1.165, 1.54) is 6.21 Å². The fourth-order valence-corrected chi connectivity index (χ4v) is 3.05. The summed E-state index contributed by atoms with van der Waals surface area (Å²) in [5.41, 5.74) is 4.34. The Balaban J connectivity index is 2.00. The molecule has 0 fully saturated rings. The summed E-state index contributed by atoms with van der Waals surface area (Å²) < 4.78 is 0. The van der Waals surface area contributed by atoms with Gasteiger partial charge in [0.1, 0.15) is 0 Å². The Hall–Kier alpha value is -2.62. The lowest BCUT2D eigenvalue weighted by Gasteiger charge is -2.22. The molecule has 0 radical (unpaired) electrons. The number of benzene rings is 3. The molecule has 0 atom stereocenters. The molecule has 132 valence electrons. The Labute approximate surface area is 158 Å². The van der Waals surface area contributed by atoms with Gasteiger partial charge in [-0.2, -0.15) is 0 Å². The molecule has 0 aliphatic heterocycles. The van der Waals surface area contributed by atoms with Crippen molar-refractivity contribution in [3.8, 4) is 11.1 Å². The second-order valence-corrected chi connectivity index (χ2v) is 7.12. The molecule has 0 aliphatic carbocycles. The second kappa shape index (κ2) is 7.32. The topological polar surface area (TPSA) is 56.1 Å². The lowest BCUT2D eigenvalue weighted by atomic mass is 9.89. The zero-order valence-corrected chi connectivity index (χ0v) is 15.5. The molecule has 0 saturated heterocycles. The number of hydrogen-bond acceptors (Lipinski definition) is 3. The largest absolute Gasteiger partial charge is 0.386 e. The van der Waals surface area contributed by atoms with Gasteiger partial charge in [-0.05, 0) is 66.9 Å². The van der Waals surface area contributed by atoms with Crippen LogP contribution in [0.3, 0.4) is 0 Å². The summed E-state index contributed by atoms with van der Waals surface area (Å²) in [7, 11) is 0. The van der Waals surface area contributed by atoms with E-state index in [9.17, 15) is 5.11 Å². The third-order valence-corrected chi connectivity index (χ3v) is 4.48. The van der Waals surface area contributed by atoms with E-state index in [1.54, 1.807) is 13.8 Å². The van der Waals surface area contributed by atoms with Gasteiger partial charge >= 0.3 is 0 Å². The van der Waals surface area contributed by atoms with Crippen LogP contribution >= 0.6 is 11.6 Å². The van der Waals surface area contributed by atoms with E-state index in [-0.39, 0.29) is 0 Å². The molecule has 3 N–H and O–H groups in total. The molecule has 0 spiro atoms. The van der Waals surface area contributed by atoms with Crippen molar-refractivity contribution in [1.82, 2.24) is 0 Å². The second-order valence-electron chi connectivity index (χ2n) is 6.68. The molecule has 3 aromatic carbocycles. The van der Waals surface area contributed by atoms with Crippen LogP contribution in [0.15, 0.2) is 66.7 Å². The van der Waals surface area contributed by atoms with E-state index in [1.807, 2.05) is 66.7 Å². The quantitative estimate of drug-likeness (QED) is 0.488. The number of aliphatic hydroxyl groups is 1. The number of halogens is 1. The zero-order chi connectivity index (χ0) is 18.7. The molecule has 3 rings (SSSR count). The van der Waals surface area contributed by atoms with Gasteiger partial charge in [0.15, 0.2) is 0 Å². The third-order valence-electron chi connectivity index (χ3n) is 4.23. The number of rotatable bonds is 5. The van der Waals surface area contributed by atoms with Crippen LogP contribution in [0.4, 0.5) is 11.4 Å². The summed E-state index contributed by atoms with van der Waals surface area (Å²) in [5, 5.41) is 22.2. The first-order valence-electron chi connectivity index (χ1n) is 8.38. The normalized spacial score (nSPS) is 11.2. The van der Waals surface area contributed by atoms with Gasteiger partial charge < -0.3 is 15.8 Å². The summed E-state index contributed by atoms with van der Waals surface area (Å²) in [4.78, 5) is 0. The van der Waals surface area contributed by atoms with Crippen LogP contribution in [0.5, 0.6) is 0 Å². The maximum Gasteiger partial charge on any atom is 0.0846 e. The predicted octanol–water partition coefficient (Wildman–Crippen LogP) is 5.98. The fourth-order valence-electron chi connectivity index (χ4n) is 2.92. The molecule has 0 amide bonds. The van der Waals surface area contributed by atoms with Crippen molar-refractivity contribution in [1.29, 1.82) is 5.41 Å². The van der Waals surface area contributed by atoms with Crippen LogP contribution in [0.2, 0.25) is 5.02 Å². The maximum atomic E-state index is 10.5. The summed E-state index contributed by atoms with van der Waals surface area (Å²) in [6.45, 7) is 3.56. The SMILES string of the molecule is CC(C)(O)c1ccccc1-c1ccc(Nc2ccc(Cl)cc2)c(C=N)c1. The monoisotopic (exact) mass is 364 g/mol. The summed E-state index contributed by atoms with van der Waals surface area (Å²) in [6, 6.07) is 21.1. The van der Waals surface area contributed by atoms with Crippen molar-refractivity contribution >= 4 is 29.2 Å². The number of hydrogen-bond donors (Lipinski definition) is 3. The van der Waals surface area contributed by atoms with E-state index in [0.717, 1.165) is 33.6 Å². The molecule has 0 heterocycles. The van der Waals surface area contributed by atoms with Gasteiger partial charge in [0, 0.05) is 28.2 Å². The van der Waals surface area contributed by atoms with Crippen LogP contribution in [-0.2, 0) is 5.60 Å². The summed E-state index contributed by atoms with van der Waals surface area (Å²) in [6.07, 6.45) is 1.33. The Bertz CT molecular complexity index is 928. The number of anilines is 2. The molecular formula is C22H21ClN2O. The highest BCUT2D eigenvalue weighted by Gasteiger charge is 2.20. The molecular weight excluding hydrogens is 344 g/mol. The first-order chi connectivity index (χ1) is 12.4. The van der Waals surface area contributed by atoms with Crippen molar-refractivity contribution in [2.45, 2.75) is 19.4 Å². The van der Waals surface area contributed by atoms with E-state index in [4.69, 9.17) is 17.0 Å². The molecule has 3 nitrogen and oxygen atoms in total. The lowest BCUT2D eigenvalue weighted by molar-refractivity contribution is 0.0792. The minimum atomic E-state index is -0.943. The van der Waals surface area contributed by atoms with Gasteiger partial charge in [-0.15, -0.1) is 0 Å². The first kappa shape index (κ1) is 18.2. The molecule has 4 heteroatoms. The molecule has 0 aromatic heterocycles. The zero-order valence-electron chi connectivity index (χ0n) is 14.8. The third kappa shape index (κ3) is 3.96. The van der Waals surface area contributed by atoms with E-state index in [2.05, 4.69) is 5.32 Å². The van der Waals surface area contributed by atoms with Crippen molar-refractivity contribution in [2.24, 2.45) is 0 Å². The van der Waals surface area contributed by atoms with Crippen LogP contribution in [0, 0.1) is 5.41 Å². The van der Waals surface area contributed by atoms with Gasteiger partial charge in [0.05, 0.1) is 5.60 Å². The standard InChI is InChI=1S/C22H21ClN2O/c1-22(2,26)20-6-4-3-5-19(20)15-7-12-21(16(13-15)14-24)25-18-10-8-17(23)9-11-18/h3-14,24-26H,1-2H3. The van der Waals surface area contributed by atoms with Crippen molar-refractivity contribution in [3.05, 3.63) is 82.9 Å². The molecule has 0 saturated carbocycles. The highest BCUT2D eigenvalue weighted by atomic mass is 35.5. The minimum Gasteiger partial charge on any atom is -0.386 e. The Morgan fingerprint density at radius 3 is 2.35 bits per heavy atom. The summed E-state index contributed by atoms with van der Waals surface area (Å²) >= 11 is 5.93. The van der Waals surface area contributed by atoms with E-state index in [0.29, 0.717) is 5.02 Å². The maximum absolute atomic E-state index is 10.5. The average molecular weight is 365 g/mol. The Morgan fingerprint density at radius 1 is 1.00 bits per heavy atom. The Kier molecular flexibility index (Phi) is 5.12. The van der Waals surface area contributed by atoms with E-state index < -0.39 is 5.60 Å². The smallest absolute Gasteiger partial charge is 0.0846 e. The highest BCUT2D eigenvalue weighted by molar-refractivity contribution is 6.30. The molecule has 0 aliphatic rings. The van der Waals surface area contributed by atoms with Gasteiger partial charge in [0.2, 0.25) is 0 Å². The number of nitrogens with one attached hydrogen (secondary N) is 2. The predicted molar refractivity (Wildman–Crippen MR) is 110 cm³/mol. The van der Waals surface area contributed by atoms with Crippen LogP contribution in [0.1, 0.15) is 25.0 Å². The van der Waals surface area contributed by atoms with Crippen LogP contribution in [-0.4, -0.2) is 11.3 Å². The fraction of sp³-hybridized carbons (Fsp3) is 0.136. The van der Waals surface area contributed by atoms with Crippen LogP contribution in [0.25, 0.3) is 11.1 Å².